The second-order valence-corrected chi connectivity index (χ2v) is 4.96. The summed E-state index contributed by atoms with van der Waals surface area (Å²) in [6, 6.07) is 11.4. The Labute approximate surface area is 119 Å². The molecule has 0 aliphatic heterocycles. The Morgan fingerprint density at radius 2 is 2.10 bits per heavy atom. The Hall–Kier alpha value is -2.23. The van der Waals surface area contributed by atoms with Gasteiger partial charge >= 0.3 is 0 Å². The van der Waals surface area contributed by atoms with Crippen molar-refractivity contribution in [2.45, 2.75) is 32.2 Å². The van der Waals surface area contributed by atoms with Crippen LogP contribution in [0.1, 0.15) is 24.7 Å². The molecule has 1 aromatic carbocycles. The Kier molecular flexibility index (Phi) is 4.82. The molecule has 106 valence electrons. The van der Waals surface area contributed by atoms with E-state index in [1.807, 2.05) is 43.3 Å². The first-order valence-electron chi connectivity index (χ1n) is 6.80. The number of carbonyl (C=O) groups excluding carboxylic acids is 1. The molecule has 1 atom stereocenters. The molecule has 4 heteroatoms. The van der Waals surface area contributed by atoms with E-state index >= 15 is 0 Å². The third kappa shape index (κ3) is 4.16. The molecular formula is C16H20N2O2. The standard InChI is InChI=1S/C16H20N2O2/c1-12(8-9-14-6-4-10-20-14)18-16(19)11-13-5-2-3-7-15(13)17/h2-7,10,12H,8-9,11,17H2,1H3,(H,18,19). The second kappa shape index (κ2) is 6.80. The minimum atomic E-state index is -0.00477. The predicted octanol–water partition coefficient (Wildman–Crippen LogP) is 2.54. The molecule has 0 spiro atoms. The zero-order chi connectivity index (χ0) is 14.4. The van der Waals surface area contributed by atoms with Crippen LogP contribution in [0, 0.1) is 0 Å². The average Bonchev–Trinajstić information content (AvgIpc) is 2.92. The van der Waals surface area contributed by atoms with Crippen molar-refractivity contribution < 1.29 is 9.21 Å². The van der Waals surface area contributed by atoms with Crippen LogP contribution in [-0.2, 0) is 17.6 Å². The Morgan fingerprint density at radius 3 is 2.80 bits per heavy atom. The van der Waals surface area contributed by atoms with Gasteiger partial charge in [0.2, 0.25) is 5.91 Å². The number of carbonyl (C=O) groups is 1. The molecule has 0 aliphatic rings. The minimum Gasteiger partial charge on any atom is -0.469 e. The van der Waals surface area contributed by atoms with Gasteiger partial charge in [0, 0.05) is 18.2 Å². The van der Waals surface area contributed by atoms with E-state index in [0.29, 0.717) is 12.1 Å². The number of amides is 1. The molecule has 0 fully saturated rings. The fourth-order valence-corrected chi connectivity index (χ4v) is 2.08. The summed E-state index contributed by atoms with van der Waals surface area (Å²) in [6.07, 6.45) is 3.65. The summed E-state index contributed by atoms with van der Waals surface area (Å²) in [5, 5.41) is 2.98. The van der Waals surface area contributed by atoms with E-state index in [4.69, 9.17) is 10.2 Å². The van der Waals surface area contributed by atoms with Crippen LogP contribution in [0.15, 0.2) is 47.1 Å². The molecule has 0 bridgehead atoms. The number of anilines is 1. The van der Waals surface area contributed by atoms with E-state index in [9.17, 15) is 4.79 Å². The predicted molar refractivity (Wildman–Crippen MR) is 79.2 cm³/mol. The summed E-state index contributed by atoms with van der Waals surface area (Å²) in [6.45, 7) is 2.00. The molecule has 1 unspecified atom stereocenters. The van der Waals surface area contributed by atoms with Crippen LogP contribution in [-0.4, -0.2) is 11.9 Å². The maximum absolute atomic E-state index is 11.9. The summed E-state index contributed by atoms with van der Waals surface area (Å²) < 4.78 is 5.27. The number of aryl methyl sites for hydroxylation is 1. The highest BCUT2D eigenvalue weighted by atomic mass is 16.3. The topological polar surface area (TPSA) is 68.3 Å². The van der Waals surface area contributed by atoms with Gasteiger partial charge in [0.1, 0.15) is 5.76 Å². The van der Waals surface area contributed by atoms with Gasteiger partial charge in [-0.25, -0.2) is 0 Å². The third-order valence-electron chi connectivity index (χ3n) is 3.22. The van der Waals surface area contributed by atoms with E-state index in [1.54, 1.807) is 6.26 Å². The lowest BCUT2D eigenvalue weighted by Crippen LogP contribution is -2.34. The molecule has 1 heterocycles. The van der Waals surface area contributed by atoms with E-state index in [1.165, 1.54) is 0 Å². The summed E-state index contributed by atoms with van der Waals surface area (Å²) in [5.41, 5.74) is 7.35. The normalized spacial score (nSPS) is 12.1. The third-order valence-corrected chi connectivity index (χ3v) is 3.22. The first-order chi connectivity index (χ1) is 9.65. The summed E-state index contributed by atoms with van der Waals surface area (Å²) in [4.78, 5) is 11.9. The molecule has 1 amide bonds. The van der Waals surface area contributed by atoms with E-state index < -0.39 is 0 Å². The van der Waals surface area contributed by atoms with E-state index in [-0.39, 0.29) is 11.9 Å². The monoisotopic (exact) mass is 272 g/mol. The van der Waals surface area contributed by atoms with Gasteiger partial charge in [0.05, 0.1) is 12.7 Å². The van der Waals surface area contributed by atoms with Crippen LogP contribution in [0.3, 0.4) is 0 Å². The van der Waals surface area contributed by atoms with Crippen molar-refractivity contribution in [2.75, 3.05) is 5.73 Å². The zero-order valence-electron chi connectivity index (χ0n) is 11.6. The van der Waals surface area contributed by atoms with Crippen molar-refractivity contribution in [2.24, 2.45) is 0 Å². The molecule has 3 N–H and O–H groups in total. The molecular weight excluding hydrogens is 252 g/mol. The van der Waals surface area contributed by atoms with Crippen molar-refractivity contribution in [3.8, 4) is 0 Å². The van der Waals surface area contributed by atoms with E-state index in [2.05, 4.69) is 5.32 Å². The van der Waals surface area contributed by atoms with Crippen molar-refractivity contribution in [3.05, 3.63) is 54.0 Å². The first kappa shape index (κ1) is 14.2. The summed E-state index contributed by atoms with van der Waals surface area (Å²) >= 11 is 0. The highest BCUT2D eigenvalue weighted by Crippen LogP contribution is 2.11. The Bertz CT molecular complexity index is 549. The molecule has 20 heavy (non-hydrogen) atoms. The molecule has 1 aromatic heterocycles. The maximum atomic E-state index is 11.9. The second-order valence-electron chi connectivity index (χ2n) is 4.96. The molecule has 0 saturated carbocycles. The maximum Gasteiger partial charge on any atom is 0.224 e. The molecule has 2 aromatic rings. The number of hydrogen-bond donors (Lipinski definition) is 2. The van der Waals surface area contributed by atoms with Gasteiger partial charge in [-0.3, -0.25) is 4.79 Å². The number of nitrogen functional groups attached to an aromatic ring is 1. The molecule has 2 rings (SSSR count). The van der Waals surface area contributed by atoms with Crippen molar-refractivity contribution in [1.82, 2.24) is 5.32 Å². The van der Waals surface area contributed by atoms with Gasteiger partial charge in [-0.05, 0) is 37.1 Å². The molecule has 0 saturated heterocycles. The van der Waals surface area contributed by atoms with Gasteiger partial charge in [-0.15, -0.1) is 0 Å². The number of hydrogen-bond acceptors (Lipinski definition) is 3. The lowest BCUT2D eigenvalue weighted by Gasteiger charge is -2.13. The fourth-order valence-electron chi connectivity index (χ4n) is 2.08. The number of furan rings is 1. The largest absolute Gasteiger partial charge is 0.469 e. The quantitative estimate of drug-likeness (QED) is 0.794. The first-order valence-corrected chi connectivity index (χ1v) is 6.80. The molecule has 0 aliphatic carbocycles. The number of para-hydroxylation sites is 1. The van der Waals surface area contributed by atoms with Gasteiger partial charge in [-0.2, -0.15) is 0 Å². The Balaban J connectivity index is 1.78. The van der Waals surface area contributed by atoms with Gasteiger partial charge < -0.3 is 15.5 Å². The summed E-state index contributed by atoms with van der Waals surface area (Å²) in [5.74, 6) is 0.938. The smallest absolute Gasteiger partial charge is 0.224 e. The highest BCUT2D eigenvalue weighted by molar-refractivity contribution is 5.80. The van der Waals surface area contributed by atoms with Crippen LogP contribution in [0.25, 0.3) is 0 Å². The zero-order valence-corrected chi connectivity index (χ0v) is 11.6. The van der Waals surface area contributed by atoms with Crippen LogP contribution in [0.4, 0.5) is 5.69 Å². The van der Waals surface area contributed by atoms with Crippen molar-refractivity contribution >= 4 is 11.6 Å². The van der Waals surface area contributed by atoms with Crippen molar-refractivity contribution in [3.63, 3.8) is 0 Å². The van der Waals surface area contributed by atoms with Gasteiger partial charge in [0.15, 0.2) is 0 Å². The van der Waals surface area contributed by atoms with Crippen molar-refractivity contribution in [1.29, 1.82) is 0 Å². The molecule has 4 nitrogen and oxygen atoms in total. The minimum absolute atomic E-state index is 0.00477. The van der Waals surface area contributed by atoms with Crippen LogP contribution in [0.5, 0.6) is 0 Å². The molecule has 0 radical (unpaired) electrons. The van der Waals surface area contributed by atoms with Crippen LogP contribution >= 0.6 is 0 Å². The Morgan fingerprint density at radius 1 is 1.30 bits per heavy atom. The average molecular weight is 272 g/mol. The van der Waals surface area contributed by atoms with Gasteiger partial charge in [-0.1, -0.05) is 18.2 Å². The summed E-state index contributed by atoms with van der Waals surface area (Å²) in [7, 11) is 0. The van der Waals surface area contributed by atoms with E-state index in [0.717, 1.165) is 24.2 Å². The number of nitrogens with two attached hydrogens (primary N) is 1. The van der Waals surface area contributed by atoms with Crippen LogP contribution < -0.4 is 11.1 Å². The van der Waals surface area contributed by atoms with Gasteiger partial charge in [0.25, 0.3) is 0 Å². The number of nitrogens with one attached hydrogen (secondary N) is 1. The fraction of sp³-hybridized carbons (Fsp3) is 0.312. The lowest BCUT2D eigenvalue weighted by atomic mass is 10.1. The number of benzene rings is 1. The number of rotatable bonds is 6. The SMILES string of the molecule is CC(CCc1ccco1)NC(=O)Cc1ccccc1N. The lowest BCUT2D eigenvalue weighted by molar-refractivity contribution is -0.121. The van der Waals surface area contributed by atoms with Crippen LogP contribution in [0.2, 0.25) is 0 Å². The highest BCUT2D eigenvalue weighted by Gasteiger charge is 2.10.